The number of rotatable bonds is 11. The summed E-state index contributed by atoms with van der Waals surface area (Å²) in [6.07, 6.45) is 2.25. The second kappa shape index (κ2) is 12.2. The zero-order valence-corrected chi connectivity index (χ0v) is 23.1. The van der Waals surface area contributed by atoms with Gasteiger partial charge in [0.25, 0.3) is 0 Å². The predicted octanol–water partition coefficient (Wildman–Crippen LogP) is 4.64. The number of hydrogen-bond acceptors (Lipinski definition) is 4. The Balaban J connectivity index is 2.03. The molecule has 7 nitrogen and oxygen atoms in total. The van der Waals surface area contributed by atoms with Crippen LogP contribution in [0.5, 0.6) is 0 Å². The van der Waals surface area contributed by atoms with Crippen LogP contribution in [-0.2, 0) is 26.2 Å². The Kier molecular flexibility index (Phi) is 9.32. The van der Waals surface area contributed by atoms with Crippen LogP contribution in [0, 0.1) is 6.92 Å². The lowest BCUT2D eigenvalue weighted by Crippen LogP contribution is -2.53. The molecule has 0 saturated carbocycles. The quantitative estimate of drug-likeness (QED) is 0.397. The van der Waals surface area contributed by atoms with Gasteiger partial charge in [-0.25, -0.2) is 8.42 Å². The molecule has 0 aliphatic carbocycles. The number of aryl methyl sites for hydroxylation is 1. The number of benzene rings is 3. The Morgan fingerprint density at radius 1 is 0.919 bits per heavy atom. The Morgan fingerprint density at radius 3 is 2.22 bits per heavy atom. The molecule has 2 amide bonds. The fourth-order valence-electron chi connectivity index (χ4n) is 4.35. The first-order valence-corrected chi connectivity index (χ1v) is 14.5. The summed E-state index contributed by atoms with van der Waals surface area (Å²) in [5.41, 5.74) is 2.33. The van der Waals surface area contributed by atoms with Crippen LogP contribution in [-0.4, -0.2) is 50.0 Å². The second-order valence-corrected chi connectivity index (χ2v) is 11.4. The van der Waals surface area contributed by atoms with E-state index in [0.29, 0.717) is 12.1 Å². The first kappa shape index (κ1) is 28.2. The fraction of sp³-hybridized carbons (Fsp3) is 0.379. The van der Waals surface area contributed by atoms with Gasteiger partial charge in [-0.2, -0.15) is 0 Å². The summed E-state index contributed by atoms with van der Waals surface area (Å²) >= 11 is 0. The molecular weight excluding hydrogens is 486 g/mol. The Morgan fingerprint density at radius 2 is 1.57 bits per heavy atom. The smallest absolute Gasteiger partial charge is 0.244 e. The average Bonchev–Trinajstić information content (AvgIpc) is 2.87. The van der Waals surface area contributed by atoms with Crippen molar-refractivity contribution in [3.05, 3.63) is 77.9 Å². The van der Waals surface area contributed by atoms with E-state index < -0.39 is 28.5 Å². The highest BCUT2D eigenvalue weighted by atomic mass is 32.2. The molecule has 3 rings (SSSR count). The van der Waals surface area contributed by atoms with Gasteiger partial charge < -0.3 is 10.2 Å². The standard InChI is InChI=1S/C29H37N3O4S/c1-6-22(4)30-29(34)26(7-2)31(19-24-15-9-8-13-21(24)3)28(33)20-32(37(5,35)36)27-18-12-16-23-14-10-11-17-25(23)27/h8-18,22,26H,6-7,19-20H2,1-5H3,(H,30,34)/t22-,26+/m0/s1. The minimum Gasteiger partial charge on any atom is -0.352 e. The van der Waals surface area contributed by atoms with E-state index >= 15 is 0 Å². The molecule has 0 aromatic heterocycles. The molecule has 0 radical (unpaired) electrons. The van der Waals surface area contributed by atoms with Crippen LogP contribution < -0.4 is 9.62 Å². The molecule has 0 spiro atoms. The molecule has 0 aliphatic heterocycles. The van der Waals surface area contributed by atoms with Crippen molar-refractivity contribution in [3.8, 4) is 0 Å². The van der Waals surface area contributed by atoms with Crippen molar-refractivity contribution >= 4 is 38.3 Å². The largest absolute Gasteiger partial charge is 0.352 e. The first-order chi connectivity index (χ1) is 17.6. The van der Waals surface area contributed by atoms with Crippen LogP contribution in [0.1, 0.15) is 44.7 Å². The van der Waals surface area contributed by atoms with Gasteiger partial charge in [-0.1, -0.05) is 74.5 Å². The van der Waals surface area contributed by atoms with Crippen LogP contribution in [0.2, 0.25) is 0 Å². The lowest BCUT2D eigenvalue weighted by Gasteiger charge is -2.34. The van der Waals surface area contributed by atoms with Crippen LogP contribution in [0.4, 0.5) is 5.69 Å². The third-order valence-electron chi connectivity index (χ3n) is 6.70. The normalized spacial score (nSPS) is 13.1. The van der Waals surface area contributed by atoms with Crippen molar-refractivity contribution in [2.45, 2.75) is 59.2 Å². The molecule has 0 aliphatic rings. The SMILES string of the molecule is CC[C@H](C(=O)N[C@@H](C)CC)N(Cc1ccccc1C)C(=O)CN(c1cccc2ccccc12)S(C)(=O)=O. The molecule has 0 fully saturated rings. The number of carbonyl (C=O) groups is 2. The molecule has 37 heavy (non-hydrogen) atoms. The number of sulfonamides is 1. The van der Waals surface area contributed by atoms with Crippen molar-refractivity contribution in [3.63, 3.8) is 0 Å². The molecule has 1 N–H and O–H groups in total. The molecule has 3 aromatic rings. The summed E-state index contributed by atoms with van der Waals surface area (Å²) in [6.45, 7) is 7.51. The summed E-state index contributed by atoms with van der Waals surface area (Å²) < 4.78 is 27.1. The summed E-state index contributed by atoms with van der Waals surface area (Å²) in [6, 6.07) is 19.8. The third kappa shape index (κ3) is 6.89. The van der Waals surface area contributed by atoms with Crippen LogP contribution >= 0.6 is 0 Å². The lowest BCUT2D eigenvalue weighted by atomic mass is 10.1. The van der Waals surface area contributed by atoms with Crippen LogP contribution in [0.3, 0.4) is 0 Å². The van der Waals surface area contributed by atoms with Gasteiger partial charge in [0.2, 0.25) is 21.8 Å². The predicted molar refractivity (Wildman–Crippen MR) is 150 cm³/mol. The van der Waals surface area contributed by atoms with E-state index in [-0.39, 0.29) is 18.5 Å². The molecule has 3 aromatic carbocycles. The van der Waals surface area contributed by atoms with E-state index in [0.717, 1.165) is 38.9 Å². The summed E-state index contributed by atoms with van der Waals surface area (Å²) in [5.74, 6) is -0.678. The van der Waals surface area contributed by atoms with Gasteiger partial charge in [0.1, 0.15) is 12.6 Å². The minimum atomic E-state index is -3.81. The van der Waals surface area contributed by atoms with Crippen LogP contribution in [0.25, 0.3) is 10.8 Å². The molecule has 0 saturated heterocycles. The van der Waals surface area contributed by atoms with Gasteiger partial charge in [0.15, 0.2) is 0 Å². The zero-order valence-electron chi connectivity index (χ0n) is 22.3. The first-order valence-electron chi connectivity index (χ1n) is 12.7. The summed E-state index contributed by atoms with van der Waals surface area (Å²) in [7, 11) is -3.81. The number of carbonyl (C=O) groups excluding carboxylic acids is 2. The van der Waals surface area contributed by atoms with E-state index in [1.165, 1.54) is 4.90 Å². The van der Waals surface area contributed by atoms with Crippen LogP contribution in [0.15, 0.2) is 66.7 Å². The van der Waals surface area contributed by atoms with Gasteiger partial charge in [-0.3, -0.25) is 13.9 Å². The Hall–Kier alpha value is -3.39. The van der Waals surface area contributed by atoms with Gasteiger partial charge in [-0.05, 0) is 49.3 Å². The highest BCUT2D eigenvalue weighted by Gasteiger charge is 2.32. The van der Waals surface area contributed by atoms with Gasteiger partial charge in [0.05, 0.1) is 11.9 Å². The van der Waals surface area contributed by atoms with Crippen molar-refractivity contribution in [2.24, 2.45) is 0 Å². The van der Waals surface area contributed by atoms with Gasteiger partial charge in [0, 0.05) is 18.0 Å². The number of anilines is 1. The summed E-state index contributed by atoms with van der Waals surface area (Å²) in [5, 5.41) is 4.60. The number of amides is 2. The molecule has 0 unspecified atom stereocenters. The minimum absolute atomic E-state index is 0.0415. The van der Waals surface area contributed by atoms with E-state index in [1.807, 2.05) is 82.3 Å². The third-order valence-corrected chi connectivity index (χ3v) is 7.83. The lowest BCUT2D eigenvalue weighted by molar-refractivity contribution is -0.140. The van der Waals surface area contributed by atoms with Gasteiger partial charge >= 0.3 is 0 Å². The molecule has 8 heteroatoms. The van der Waals surface area contributed by atoms with Gasteiger partial charge in [-0.15, -0.1) is 0 Å². The maximum atomic E-state index is 13.9. The van der Waals surface area contributed by atoms with Crippen molar-refractivity contribution in [1.82, 2.24) is 10.2 Å². The Labute approximate surface area is 220 Å². The van der Waals surface area contributed by atoms with E-state index in [9.17, 15) is 18.0 Å². The molecule has 0 heterocycles. The zero-order chi connectivity index (χ0) is 27.2. The van der Waals surface area contributed by atoms with E-state index in [4.69, 9.17) is 0 Å². The number of hydrogen-bond donors (Lipinski definition) is 1. The Bertz CT molecular complexity index is 1350. The maximum Gasteiger partial charge on any atom is 0.244 e. The molecule has 198 valence electrons. The van der Waals surface area contributed by atoms with Crippen molar-refractivity contribution < 1.29 is 18.0 Å². The monoisotopic (exact) mass is 523 g/mol. The van der Waals surface area contributed by atoms with E-state index in [1.54, 1.807) is 12.1 Å². The number of fused-ring (bicyclic) bond motifs is 1. The fourth-order valence-corrected chi connectivity index (χ4v) is 5.21. The topological polar surface area (TPSA) is 86.8 Å². The van der Waals surface area contributed by atoms with Crippen molar-refractivity contribution in [1.29, 1.82) is 0 Å². The average molecular weight is 524 g/mol. The maximum absolute atomic E-state index is 13.9. The van der Waals surface area contributed by atoms with Crippen molar-refractivity contribution in [2.75, 3.05) is 17.1 Å². The second-order valence-electron chi connectivity index (χ2n) is 9.46. The van der Waals surface area contributed by atoms with E-state index in [2.05, 4.69) is 5.32 Å². The highest BCUT2D eigenvalue weighted by molar-refractivity contribution is 7.92. The highest BCUT2D eigenvalue weighted by Crippen LogP contribution is 2.29. The number of nitrogens with zero attached hydrogens (tertiary/aromatic N) is 2. The molecule has 2 atom stereocenters. The number of nitrogens with one attached hydrogen (secondary N) is 1. The summed E-state index contributed by atoms with van der Waals surface area (Å²) in [4.78, 5) is 28.7. The molecule has 0 bridgehead atoms. The molecular formula is C29H37N3O4S.